The van der Waals surface area contributed by atoms with Gasteiger partial charge in [0.2, 0.25) is 10.0 Å². The number of nitrogens with zero attached hydrogens (tertiary/aromatic N) is 2. The molecule has 1 aromatic rings. The molecule has 3 N–H and O–H groups in total. The van der Waals surface area contributed by atoms with Crippen molar-refractivity contribution in [1.82, 2.24) is 4.72 Å². The van der Waals surface area contributed by atoms with Gasteiger partial charge in [-0.3, -0.25) is 0 Å². The molecule has 116 valence electrons. The van der Waals surface area contributed by atoms with E-state index in [4.69, 9.17) is 11.0 Å². The molecular weight excluding hydrogens is 288 g/mol. The van der Waals surface area contributed by atoms with Crippen LogP contribution in [0.15, 0.2) is 23.1 Å². The first-order valence-corrected chi connectivity index (χ1v) is 8.25. The van der Waals surface area contributed by atoms with Crippen LogP contribution >= 0.6 is 0 Å². The van der Waals surface area contributed by atoms with Gasteiger partial charge in [-0.15, -0.1) is 0 Å². The zero-order chi connectivity index (χ0) is 16.0. The number of hydrogen-bond acceptors (Lipinski definition) is 5. The lowest BCUT2D eigenvalue weighted by Gasteiger charge is -2.27. The van der Waals surface area contributed by atoms with Crippen LogP contribution in [0.4, 0.5) is 11.4 Å². The van der Waals surface area contributed by atoms with E-state index in [0.29, 0.717) is 36.8 Å². The Bertz CT molecular complexity index is 620. The Kier molecular flexibility index (Phi) is 6.00. The molecule has 6 nitrogen and oxygen atoms in total. The van der Waals surface area contributed by atoms with Gasteiger partial charge in [-0.2, -0.15) is 5.26 Å². The fraction of sp³-hybridized carbons (Fsp3) is 0.500. The molecule has 0 spiro atoms. The minimum absolute atomic E-state index is 0.167. The molecular formula is C14H22N4O2S. The second-order valence-corrected chi connectivity index (χ2v) is 7.06. The zero-order valence-electron chi connectivity index (χ0n) is 12.6. The summed E-state index contributed by atoms with van der Waals surface area (Å²) in [5.74, 6) is 0.368. The van der Waals surface area contributed by atoms with Crippen molar-refractivity contribution >= 4 is 21.4 Å². The van der Waals surface area contributed by atoms with Crippen LogP contribution in [0, 0.1) is 17.2 Å². The highest BCUT2D eigenvalue weighted by Crippen LogP contribution is 2.27. The monoisotopic (exact) mass is 310 g/mol. The summed E-state index contributed by atoms with van der Waals surface area (Å²) in [5, 5.41) is 8.77. The number of nitrogens with one attached hydrogen (secondary N) is 1. The summed E-state index contributed by atoms with van der Waals surface area (Å²) in [7, 11) is -2.15. The van der Waals surface area contributed by atoms with Gasteiger partial charge >= 0.3 is 0 Å². The van der Waals surface area contributed by atoms with E-state index in [2.05, 4.69) is 24.6 Å². The molecule has 21 heavy (non-hydrogen) atoms. The van der Waals surface area contributed by atoms with E-state index in [1.54, 1.807) is 12.1 Å². The molecule has 0 bridgehead atoms. The van der Waals surface area contributed by atoms with Gasteiger partial charge in [0.1, 0.15) is 0 Å². The minimum atomic E-state index is -3.52. The topological polar surface area (TPSA) is 99.2 Å². The number of nitrogens with two attached hydrogens (primary N) is 1. The van der Waals surface area contributed by atoms with Gasteiger partial charge in [-0.1, -0.05) is 13.8 Å². The highest BCUT2D eigenvalue weighted by molar-refractivity contribution is 7.89. The molecule has 1 aromatic carbocycles. The Balaban J connectivity index is 3.23. The van der Waals surface area contributed by atoms with Crippen molar-refractivity contribution in [1.29, 1.82) is 5.26 Å². The van der Waals surface area contributed by atoms with Crippen LogP contribution in [-0.2, 0) is 10.0 Å². The molecule has 0 saturated carbocycles. The summed E-state index contributed by atoms with van der Waals surface area (Å²) < 4.78 is 26.1. The number of rotatable bonds is 7. The fourth-order valence-electron chi connectivity index (χ4n) is 2.02. The molecule has 0 aromatic heterocycles. The molecule has 0 saturated heterocycles. The van der Waals surface area contributed by atoms with Crippen molar-refractivity contribution in [3.05, 3.63) is 18.2 Å². The van der Waals surface area contributed by atoms with Gasteiger partial charge in [0.25, 0.3) is 0 Å². The molecule has 1 rings (SSSR count). The van der Waals surface area contributed by atoms with Crippen LogP contribution in [0.25, 0.3) is 0 Å². The maximum atomic E-state index is 11.9. The van der Waals surface area contributed by atoms with E-state index in [0.717, 1.165) is 0 Å². The minimum Gasteiger partial charge on any atom is -0.397 e. The van der Waals surface area contributed by atoms with Gasteiger partial charge in [0, 0.05) is 13.1 Å². The van der Waals surface area contributed by atoms with Crippen molar-refractivity contribution < 1.29 is 8.42 Å². The maximum Gasteiger partial charge on any atom is 0.240 e. The number of benzene rings is 1. The van der Waals surface area contributed by atoms with Crippen LogP contribution in [0.3, 0.4) is 0 Å². The van der Waals surface area contributed by atoms with Crippen molar-refractivity contribution in [3.8, 4) is 6.07 Å². The van der Waals surface area contributed by atoms with Gasteiger partial charge in [0.15, 0.2) is 0 Å². The highest BCUT2D eigenvalue weighted by atomic mass is 32.2. The van der Waals surface area contributed by atoms with Gasteiger partial charge < -0.3 is 10.6 Å². The van der Waals surface area contributed by atoms with Crippen LogP contribution in [0.1, 0.15) is 20.3 Å². The van der Waals surface area contributed by atoms with Gasteiger partial charge in [-0.05, 0) is 31.2 Å². The molecule has 0 fully saturated rings. The predicted octanol–water partition coefficient (Wildman–Crippen LogP) is 1.55. The van der Waals surface area contributed by atoms with Crippen LogP contribution in [-0.4, -0.2) is 28.6 Å². The zero-order valence-corrected chi connectivity index (χ0v) is 13.4. The largest absolute Gasteiger partial charge is 0.397 e. The summed E-state index contributed by atoms with van der Waals surface area (Å²) in [6.45, 7) is 5.34. The molecule has 0 aliphatic heterocycles. The third-order valence-electron chi connectivity index (χ3n) is 3.00. The van der Waals surface area contributed by atoms with Crippen molar-refractivity contribution in [2.45, 2.75) is 25.2 Å². The summed E-state index contributed by atoms with van der Waals surface area (Å²) in [5.41, 5.74) is 7.13. The Labute approximate surface area is 126 Å². The standard InChI is InChI=1S/C14H22N4O2S/c1-11(2)10-18(8-4-7-15)14-9-12(5-6-13(14)16)21(19,20)17-3/h5-6,9,11,17H,4,8,10,16H2,1-3H3. The SMILES string of the molecule is CNS(=O)(=O)c1ccc(N)c(N(CCC#N)CC(C)C)c1. The van der Waals surface area contributed by atoms with Crippen molar-refractivity contribution in [3.63, 3.8) is 0 Å². The van der Waals surface area contributed by atoms with E-state index in [-0.39, 0.29) is 4.90 Å². The lowest BCUT2D eigenvalue weighted by atomic mass is 10.1. The highest BCUT2D eigenvalue weighted by Gasteiger charge is 2.17. The number of nitrogen functional groups attached to an aromatic ring is 1. The summed E-state index contributed by atoms with van der Waals surface area (Å²) in [4.78, 5) is 2.12. The molecule has 0 atom stereocenters. The first-order valence-electron chi connectivity index (χ1n) is 6.76. The predicted molar refractivity (Wildman–Crippen MR) is 84.4 cm³/mol. The number of anilines is 2. The van der Waals surface area contributed by atoms with E-state index in [9.17, 15) is 8.42 Å². The molecule has 0 aliphatic carbocycles. The second-order valence-electron chi connectivity index (χ2n) is 5.18. The van der Waals surface area contributed by atoms with Crippen molar-refractivity contribution in [2.75, 3.05) is 30.8 Å². The fourth-order valence-corrected chi connectivity index (χ4v) is 2.77. The number of sulfonamides is 1. The molecule has 7 heteroatoms. The molecule has 0 radical (unpaired) electrons. The molecule has 0 amide bonds. The average Bonchev–Trinajstić information content (AvgIpc) is 2.43. The summed E-state index contributed by atoms with van der Waals surface area (Å²) in [6, 6.07) is 6.72. The summed E-state index contributed by atoms with van der Waals surface area (Å²) in [6.07, 6.45) is 0.356. The van der Waals surface area contributed by atoms with Gasteiger partial charge in [0.05, 0.1) is 28.8 Å². The van der Waals surface area contributed by atoms with Gasteiger partial charge in [-0.25, -0.2) is 13.1 Å². The first kappa shape index (κ1) is 17.3. The van der Waals surface area contributed by atoms with E-state index >= 15 is 0 Å². The molecule has 0 aliphatic rings. The smallest absolute Gasteiger partial charge is 0.240 e. The lowest BCUT2D eigenvalue weighted by molar-refractivity contribution is 0.588. The maximum absolute atomic E-state index is 11.9. The third kappa shape index (κ3) is 4.62. The van der Waals surface area contributed by atoms with Crippen molar-refractivity contribution in [2.24, 2.45) is 5.92 Å². The Morgan fingerprint density at radius 1 is 1.43 bits per heavy atom. The van der Waals surface area contributed by atoms with Crippen LogP contribution in [0.2, 0.25) is 0 Å². The average molecular weight is 310 g/mol. The summed E-state index contributed by atoms with van der Waals surface area (Å²) >= 11 is 0. The Hall–Kier alpha value is -1.78. The third-order valence-corrected chi connectivity index (χ3v) is 4.41. The van der Waals surface area contributed by atoms with E-state index in [1.165, 1.54) is 13.1 Å². The molecule has 0 unspecified atom stereocenters. The lowest BCUT2D eigenvalue weighted by Crippen LogP contribution is -2.29. The second kappa shape index (κ2) is 7.29. The normalized spacial score (nSPS) is 11.4. The number of nitriles is 1. The molecule has 0 heterocycles. The Morgan fingerprint density at radius 3 is 2.62 bits per heavy atom. The van der Waals surface area contributed by atoms with E-state index < -0.39 is 10.0 Å². The quantitative estimate of drug-likeness (QED) is 0.744. The first-order chi connectivity index (χ1) is 9.81. The number of hydrogen-bond donors (Lipinski definition) is 2. The van der Waals surface area contributed by atoms with Crippen LogP contribution < -0.4 is 15.4 Å². The van der Waals surface area contributed by atoms with E-state index in [1.807, 2.05) is 4.90 Å². The Morgan fingerprint density at radius 2 is 2.10 bits per heavy atom. The van der Waals surface area contributed by atoms with Crippen LogP contribution in [0.5, 0.6) is 0 Å².